The summed E-state index contributed by atoms with van der Waals surface area (Å²) in [6.45, 7) is -0.556. The number of thioether (sulfide) groups is 1. The van der Waals surface area contributed by atoms with E-state index in [-0.39, 0.29) is 11.7 Å². The van der Waals surface area contributed by atoms with Crippen molar-refractivity contribution in [3.05, 3.63) is 6.33 Å². The summed E-state index contributed by atoms with van der Waals surface area (Å²) in [5, 5.41) is 21.6. The van der Waals surface area contributed by atoms with Crippen molar-refractivity contribution in [1.29, 1.82) is 0 Å². The molecular formula is C13H19N5O9P2S. The van der Waals surface area contributed by atoms with Crippen molar-refractivity contribution in [2.75, 3.05) is 18.6 Å². The van der Waals surface area contributed by atoms with Crippen LogP contribution in [0.25, 0.3) is 11.2 Å². The van der Waals surface area contributed by atoms with Gasteiger partial charge in [0.25, 0.3) is 0 Å². The van der Waals surface area contributed by atoms with Crippen LogP contribution in [0.5, 0.6) is 0 Å². The minimum atomic E-state index is -5.27. The van der Waals surface area contributed by atoms with Crippen LogP contribution in [-0.4, -0.2) is 69.5 Å². The van der Waals surface area contributed by atoms with Crippen LogP contribution in [0.4, 0.5) is 5.82 Å². The third-order valence-electron chi connectivity index (χ3n) is 5.49. The number of aliphatic hydroxyl groups excluding tert-OH is 2. The predicted octanol–water partition coefficient (Wildman–Crippen LogP) is -0.361. The highest BCUT2D eigenvalue weighted by Crippen LogP contribution is 2.69. The number of nitrogen functional groups attached to an aromatic ring is 1. The molecule has 14 nitrogen and oxygen atoms in total. The van der Waals surface area contributed by atoms with Gasteiger partial charge in [0, 0.05) is 5.41 Å². The Morgan fingerprint density at radius 3 is 2.67 bits per heavy atom. The average Bonchev–Trinajstić information content (AvgIpc) is 3.13. The van der Waals surface area contributed by atoms with Gasteiger partial charge in [-0.25, -0.2) is 24.1 Å². The van der Waals surface area contributed by atoms with E-state index in [1.54, 1.807) is 10.8 Å². The van der Waals surface area contributed by atoms with E-state index >= 15 is 0 Å². The van der Waals surface area contributed by atoms with Gasteiger partial charge in [-0.05, 0) is 18.6 Å². The molecule has 2 aromatic rings. The van der Waals surface area contributed by atoms with E-state index in [0.717, 1.165) is 0 Å². The Bertz CT molecular complexity index is 1090. The van der Waals surface area contributed by atoms with Gasteiger partial charge in [0.15, 0.2) is 16.6 Å². The van der Waals surface area contributed by atoms with E-state index in [0.29, 0.717) is 22.7 Å². The van der Waals surface area contributed by atoms with Gasteiger partial charge < -0.3 is 35.2 Å². The highest BCUT2D eigenvalue weighted by atomic mass is 32.2. The summed E-state index contributed by atoms with van der Waals surface area (Å²) in [6, 6.07) is -0.682. The quantitative estimate of drug-likeness (QED) is 0.168. The molecule has 0 spiro atoms. The molecule has 2 aromatic heterocycles. The number of hydrogen-bond donors (Lipinski definition) is 6. The second-order valence-electron chi connectivity index (χ2n) is 7.20. The first-order valence-electron chi connectivity index (χ1n) is 8.53. The van der Waals surface area contributed by atoms with Crippen molar-refractivity contribution >= 4 is 44.4 Å². The van der Waals surface area contributed by atoms with E-state index in [1.165, 1.54) is 18.1 Å². The number of nitrogens with two attached hydrogens (primary N) is 1. The van der Waals surface area contributed by atoms with Crippen molar-refractivity contribution in [3.8, 4) is 0 Å². The summed E-state index contributed by atoms with van der Waals surface area (Å²) in [4.78, 5) is 39.6. The van der Waals surface area contributed by atoms with Crippen LogP contribution in [0.1, 0.15) is 12.5 Å². The van der Waals surface area contributed by atoms with Crippen LogP contribution in [0, 0.1) is 11.3 Å². The molecule has 0 bridgehead atoms. The number of imidazole rings is 1. The van der Waals surface area contributed by atoms with E-state index in [4.69, 9.17) is 20.0 Å². The first-order valence-corrected chi connectivity index (χ1v) is 12.8. The van der Waals surface area contributed by atoms with E-state index in [9.17, 15) is 24.2 Å². The number of phosphoric ester groups is 1. The fraction of sp³-hybridized carbons (Fsp3) is 0.615. The van der Waals surface area contributed by atoms with Crippen LogP contribution in [0.15, 0.2) is 11.5 Å². The first kappa shape index (κ1) is 22.1. The predicted molar refractivity (Wildman–Crippen MR) is 102 cm³/mol. The van der Waals surface area contributed by atoms with E-state index in [2.05, 4.69) is 19.3 Å². The molecule has 2 heterocycles. The van der Waals surface area contributed by atoms with Gasteiger partial charge in [-0.15, -0.1) is 0 Å². The van der Waals surface area contributed by atoms with E-state index in [1.807, 2.05) is 0 Å². The molecular weight excluding hydrogens is 464 g/mol. The van der Waals surface area contributed by atoms with Gasteiger partial charge in [-0.2, -0.15) is 4.31 Å². The maximum Gasteiger partial charge on any atom is 0.481 e. The Labute approximate surface area is 173 Å². The lowest BCUT2D eigenvalue weighted by atomic mass is 10.0. The fourth-order valence-corrected chi connectivity index (χ4v) is 6.15. The zero-order valence-corrected chi connectivity index (χ0v) is 17.9. The molecule has 2 aliphatic carbocycles. The second-order valence-corrected chi connectivity index (χ2v) is 10.8. The molecule has 0 aliphatic heterocycles. The SMILES string of the molecule is CSc1nc(N)c2ncn([C@@H]3C4C[C@@]4(COP(=O)(O)OP(=O)(O)O)[C@@H](O)[C@H]3O)c2n1. The third kappa shape index (κ3) is 3.69. The average molecular weight is 483 g/mol. The Morgan fingerprint density at radius 2 is 2.03 bits per heavy atom. The Morgan fingerprint density at radius 1 is 1.33 bits per heavy atom. The first-order chi connectivity index (χ1) is 13.9. The molecule has 30 heavy (non-hydrogen) atoms. The molecule has 2 aliphatic rings. The van der Waals surface area contributed by atoms with Gasteiger partial charge in [-0.3, -0.25) is 4.52 Å². The minimum Gasteiger partial charge on any atom is -0.390 e. The fourth-order valence-electron chi connectivity index (χ4n) is 4.11. The van der Waals surface area contributed by atoms with Crippen molar-refractivity contribution in [3.63, 3.8) is 0 Å². The van der Waals surface area contributed by atoms with Crippen LogP contribution >= 0.6 is 27.4 Å². The number of phosphoric acid groups is 2. The number of hydrogen-bond acceptors (Lipinski definition) is 11. The highest BCUT2D eigenvalue weighted by molar-refractivity contribution is 7.98. The summed E-state index contributed by atoms with van der Waals surface area (Å²) in [5.74, 6) is -0.221. The van der Waals surface area contributed by atoms with Crippen LogP contribution < -0.4 is 5.73 Å². The smallest absolute Gasteiger partial charge is 0.390 e. The number of rotatable bonds is 7. The third-order valence-corrected chi connectivity index (χ3v) is 8.17. The lowest BCUT2D eigenvalue weighted by molar-refractivity contribution is -0.0297. The van der Waals surface area contributed by atoms with Crippen LogP contribution in [0.2, 0.25) is 0 Å². The second kappa shape index (κ2) is 7.20. The number of nitrogens with zero attached hydrogens (tertiary/aromatic N) is 4. The number of anilines is 1. The molecule has 0 saturated heterocycles. The topological polar surface area (TPSA) is 223 Å². The molecule has 0 amide bonds. The summed E-state index contributed by atoms with van der Waals surface area (Å²) < 4.78 is 32.6. The Kier molecular flexibility index (Phi) is 5.30. The lowest BCUT2D eigenvalue weighted by Gasteiger charge is -2.24. The van der Waals surface area contributed by atoms with Gasteiger partial charge in [0.1, 0.15) is 11.6 Å². The monoisotopic (exact) mass is 483 g/mol. The van der Waals surface area contributed by atoms with Gasteiger partial charge >= 0.3 is 15.6 Å². The van der Waals surface area contributed by atoms with Crippen molar-refractivity contribution in [2.24, 2.45) is 11.3 Å². The molecule has 6 atom stereocenters. The van der Waals surface area contributed by atoms with Gasteiger partial charge in [0.05, 0.1) is 25.1 Å². The largest absolute Gasteiger partial charge is 0.481 e. The Balaban J connectivity index is 1.60. The number of aromatic nitrogens is 4. The van der Waals surface area contributed by atoms with Crippen molar-refractivity contribution in [2.45, 2.75) is 29.8 Å². The maximum atomic E-state index is 11.8. The minimum absolute atomic E-state index is 0.164. The van der Waals surface area contributed by atoms with Crippen LogP contribution in [0.3, 0.4) is 0 Å². The van der Waals surface area contributed by atoms with Crippen molar-refractivity contribution in [1.82, 2.24) is 19.5 Å². The standard InChI is InChI=1S/C13H19N5O9P2S/c1-30-12-16-10(14)6-11(17-12)18(4-15-6)7-5-2-13(5,9(20)8(7)19)3-26-29(24,25)27-28(21,22)23/h4-5,7-9,19-20H,2-3H2,1H3,(H,24,25)(H2,14,16,17)(H2,21,22,23)/t5?,7-,8+,9+,13+/m1/s1. The molecule has 7 N–H and O–H groups in total. The van der Waals surface area contributed by atoms with Gasteiger partial charge in [-0.1, -0.05) is 11.8 Å². The molecule has 2 saturated carbocycles. The highest BCUT2D eigenvalue weighted by Gasteiger charge is 2.72. The van der Waals surface area contributed by atoms with Crippen LogP contribution in [-0.2, 0) is 18.0 Å². The molecule has 0 radical (unpaired) electrons. The van der Waals surface area contributed by atoms with Crippen molar-refractivity contribution < 1.29 is 42.9 Å². The summed E-state index contributed by atoms with van der Waals surface area (Å²) in [5.41, 5.74) is 5.51. The Hall–Kier alpha value is -1.12. The maximum absolute atomic E-state index is 11.8. The van der Waals surface area contributed by atoms with E-state index < -0.39 is 45.9 Å². The molecule has 2 unspecified atom stereocenters. The molecule has 0 aromatic carbocycles. The van der Waals surface area contributed by atoms with Gasteiger partial charge in [0.2, 0.25) is 0 Å². The molecule has 2 fully saturated rings. The summed E-state index contributed by atoms with van der Waals surface area (Å²) >= 11 is 1.27. The zero-order chi connectivity index (χ0) is 22.1. The molecule has 4 rings (SSSR count). The number of aliphatic hydroxyl groups is 2. The zero-order valence-electron chi connectivity index (χ0n) is 15.3. The normalized spacial score (nSPS) is 32.9. The lowest BCUT2D eigenvalue weighted by Crippen LogP contribution is -2.35. The molecule has 17 heteroatoms. The summed E-state index contributed by atoms with van der Waals surface area (Å²) in [7, 11) is -10.3. The molecule has 166 valence electrons. The number of fused-ring (bicyclic) bond motifs is 2. The summed E-state index contributed by atoms with van der Waals surface area (Å²) in [6.07, 6.45) is 0.898.